The summed E-state index contributed by atoms with van der Waals surface area (Å²) >= 11 is 0. The van der Waals surface area contributed by atoms with Crippen LogP contribution in [0.3, 0.4) is 0 Å². The molecule has 2 aliphatic rings. The van der Waals surface area contributed by atoms with Crippen LogP contribution in [0.15, 0.2) is 102 Å². The van der Waals surface area contributed by atoms with Crippen LogP contribution < -0.4 is 5.32 Å². The molecule has 0 spiro atoms. The number of imidazole rings is 1. The Bertz CT molecular complexity index is 1320. The molecular formula is C27H24N4. The first-order valence-electron chi connectivity index (χ1n) is 10.7. The SMILES string of the molecule is CN1CC2=C(Nc3nc4ccccc4n3C2c2ccccc2)/C(=C\c2ccccc2)C1. The van der Waals surface area contributed by atoms with Gasteiger partial charge < -0.3 is 5.32 Å². The number of anilines is 1. The summed E-state index contributed by atoms with van der Waals surface area (Å²) in [6.45, 7) is 1.82. The minimum Gasteiger partial charge on any atom is -0.325 e. The second-order valence-corrected chi connectivity index (χ2v) is 8.39. The third kappa shape index (κ3) is 3.07. The highest BCUT2D eigenvalue weighted by atomic mass is 15.3. The minimum absolute atomic E-state index is 0.113. The van der Waals surface area contributed by atoms with Crippen LogP contribution in [0, 0.1) is 0 Å². The molecule has 0 radical (unpaired) electrons. The minimum atomic E-state index is 0.113. The molecule has 4 aromatic rings. The molecule has 1 unspecified atom stereocenters. The average molecular weight is 405 g/mol. The monoisotopic (exact) mass is 404 g/mol. The first kappa shape index (κ1) is 18.2. The van der Waals surface area contributed by atoms with E-state index >= 15 is 0 Å². The van der Waals surface area contributed by atoms with E-state index in [1.54, 1.807) is 0 Å². The molecule has 0 saturated heterocycles. The van der Waals surface area contributed by atoms with E-state index in [1.807, 2.05) is 0 Å². The predicted octanol–water partition coefficient (Wildman–Crippen LogP) is 5.33. The molecule has 0 aliphatic carbocycles. The Morgan fingerprint density at radius 3 is 2.39 bits per heavy atom. The van der Waals surface area contributed by atoms with Crippen LogP contribution in [0.2, 0.25) is 0 Å². The number of hydrogen-bond acceptors (Lipinski definition) is 3. The Labute approximate surface area is 182 Å². The van der Waals surface area contributed by atoms with Gasteiger partial charge in [-0.2, -0.15) is 0 Å². The number of nitrogens with zero attached hydrogens (tertiary/aromatic N) is 3. The molecule has 31 heavy (non-hydrogen) atoms. The maximum absolute atomic E-state index is 4.96. The molecule has 4 nitrogen and oxygen atoms in total. The van der Waals surface area contributed by atoms with Crippen molar-refractivity contribution in [3.63, 3.8) is 0 Å². The van der Waals surface area contributed by atoms with E-state index in [9.17, 15) is 0 Å². The zero-order valence-electron chi connectivity index (χ0n) is 17.5. The van der Waals surface area contributed by atoms with Crippen LogP contribution in [0.25, 0.3) is 17.1 Å². The zero-order chi connectivity index (χ0) is 20.8. The van der Waals surface area contributed by atoms with Crippen molar-refractivity contribution in [1.82, 2.24) is 14.5 Å². The van der Waals surface area contributed by atoms with Crippen LogP contribution in [-0.4, -0.2) is 34.6 Å². The number of nitrogens with one attached hydrogen (secondary N) is 1. The molecule has 0 bridgehead atoms. The fourth-order valence-corrected chi connectivity index (χ4v) is 4.90. The fraction of sp³-hybridized carbons (Fsp3) is 0.148. The van der Waals surface area contributed by atoms with Gasteiger partial charge >= 0.3 is 0 Å². The highest BCUT2D eigenvalue weighted by molar-refractivity contribution is 5.81. The quantitative estimate of drug-likeness (QED) is 0.490. The molecule has 6 rings (SSSR count). The average Bonchev–Trinajstić information content (AvgIpc) is 3.17. The molecule has 152 valence electrons. The van der Waals surface area contributed by atoms with Crippen molar-refractivity contribution in [2.45, 2.75) is 6.04 Å². The Balaban J connectivity index is 1.59. The van der Waals surface area contributed by atoms with Crippen molar-refractivity contribution >= 4 is 23.1 Å². The smallest absolute Gasteiger partial charge is 0.209 e. The molecule has 3 aromatic carbocycles. The highest BCUT2D eigenvalue weighted by Crippen LogP contribution is 2.42. The second-order valence-electron chi connectivity index (χ2n) is 8.39. The molecule has 0 saturated carbocycles. The van der Waals surface area contributed by atoms with Crippen LogP contribution in [0.4, 0.5) is 5.95 Å². The molecule has 4 heteroatoms. The van der Waals surface area contributed by atoms with E-state index in [0.717, 1.165) is 30.1 Å². The largest absolute Gasteiger partial charge is 0.325 e. The Morgan fingerprint density at radius 1 is 0.871 bits per heavy atom. The van der Waals surface area contributed by atoms with Crippen LogP contribution in [0.1, 0.15) is 17.2 Å². The number of fused-ring (bicyclic) bond motifs is 3. The van der Waals surface area contributed by atoms with Crippen molar-refractivity contribution in [2.24, 2.45) is 0 Å². The van der Waals surface area contributed by atoms with Crippen molar-refractivity contribution in [3.8, 4) is 0 Å². The van der Waals surface area contributed by atoms with Gasteiger partial charge in [-0.25, -0.2) is 4.98 Å². The van der Waals surface area contributed by atoms with Gasteiger partial charge in [0.2, 0.25) is 5.95 Å². The number of para-hydroxylation sites is 2. The molecular weight excluding hydrogens is 380 g/mol. The van der Waals surface area contributed by atoms with Crippen LogP contribution in [-0.2, 0) is 0 Å². The first-order chi connectivity index (χ1) is 15.3. The summed E-state index contributed by atoms with van der Waals surface area (Å²) in [5.41, 5.74) is 8.59. The third-order valence-corrected chi connectivity index (χ3v) is 6.20. The molecule has 0 amide bonds. The van der Waals surface area contributed by atoms with Gasteiger partial charge in [0.1, 0.15) is 0 Å². The summed E-state index contributed by atoms with van der Waals surface area (Å²) in [6, 6.07) is 29.9. The van der Waals surface area contributed by atoms with Gasteiger partial charge in [0, 0.05) is 18.8 Å². The summed E-state index contributed by atoms with van der Waals surface area (Å²) in [6.07, 6.45) is 2.30. The van der Waals surface area contributed by atoms with Gasteiger partial charge in [0.15, 0.2) is 0 Å². The normalized spacial score (nSPS) is 19.9. The maximum atomic E-state index is 4.96. The molecule has 1 atom stereocenters. The second kappa shape index (κ2) is 7.25. The maximum Gasteiger partial charge on any atom is 0.209 e. The standard InChI is InChI=1S/C27H24N4/c1-30-17-21(16-19-10-4-2-5-11-19)25-22(18-30)26(20-12-6-3-7-13-20)31-24-15-9-8-14-23(24)28-27(31)29-25/h2-16,26H,17-18H2,1H3,(H,28,29)/b21-16-. The lowest BCUT2D eigenvalue weighted by atomic mass is 9.89. The van der Waals surface area contributed by atoms with Gasteiger partial charge in [-0.05, 0) is 47.5 Å². The van der Waals surface area contributed by atoms with Crippen molar-refractivity contribution in [2.75, 3.05) is 25.5 Å². The van der Waals surface area contributed by atoms with E-state index in [0.29, 0.717) is 0 Å². The molecule has 2 aliphatic heterocycles. The highest BCUT2D eigenvalue weighted by Gasteiger charge is 2.35. The molecule has 3 heterocycles. The number of aromatic nitrogens is 2. The number of likely N-dealkylation sites (N-methyl/N-ethyl adjacent to an activating group) is 1. The summed E-state index contributed by atoms with van der Waals surface area (Å²) in [4.78, 5) is 7.36. The van der Waals surface area contributed by atoms with Crippen molar-refractivity contribution < 1.29 is 0 Å². The van der Waals surface area contributed by atoms with Gasteiger partial charge in [-0.15, -0.1) is 0 Å². The van der Waals surface area contributed by atoms with E-state index in [4.69, 9.17) is 4.98 Å². The molecule has 1 aromatic heterocycles. The lowest BCUT2D eigenvalue weighted by Crippen LogP contribution is -2.38. The van der Waals surface area contributed by atoms with Gasteiger partial charge in [-0.1, -0.05) is 72.8 Å². The predicted molar refractivity (Wildman–Crippen MR) is 127 cm³/mol. The van der Waals surface area contributed by atoms with E-state index in [1.165, 1.54) is 28.0 Å². The van der Waals surface area contributed by atoms with Crippen molar-refractivity contribution in [1.29, 1.82) is 0 Å². The Kier molecular flexibility index (Phi) is 4.25. The molecule has 1 N–H and O–H groups in total. The van der Waals surface area contributed by atoms with Gasteiger partial charge in [0.05, 0.1) is 17.1 Å². The van der Waals surface area contributed by atoms with E-state index < -0.39 is 0 Å². The summed E-state index contributed by atoms with van der Waals surface area (Å²) in [5, 5.41) is 3.72. The van der Waals surface area contributed by atoms with E-state index in [-0.39, 0.29) is 6.04 Å². The van der Waals surface area contributed by atoms with Gasteiger partial charge in [-0.3, -0.25) is 9.47 Å². The lowest BCUT2D eigenvalue weighted by Gasteiger charge is -2.39. The van der Waals surface area contributed by atoms with Crippen molar-refractivity contribution in [3.05, 3.63) is 113 Å². The molecule has 0 fully saturated rings. The first-order valence-corrected chi connectivity index (χ1v) is 10.7. The Hall–Kier alpha value is -3.63. The Morgan fingerprint density at radius 2 is 1.58 bits per heavy atom. The summed E-state index contributed by atoms with van der Waals surface area (Å²) in [5.74, 6) is 0.914. The topological polar surface area (TPSA) is 33.1 Å². The summed E-state index contributed by atoms with van der Waals surface area (Å²) in [7, 11) is 2.20. The number of benzene rings is 3. The van der Waals surface area contributed by atoms with E-state index in [2.05, 4.69) is 113 Å². The van der Waals surface area contributed by atoms with Crippen LogP contribution in [0.5, 0.6) is 0 Å². The zero-order valence-corrected chi connectivity index (χ0v) is 17.5. The lowest BCUT2D eigenvalue weighted by molar-refractivity contribution is 0.366. The summed E-state index contributed by atoms with van der Waals surface area (Å²) < 4.78 is 2.36. The fourth-order valence-electron chi connectivity index (χ4n) is 4.90. The number of rotatable bonds is 2. The van der Waals surface area contributed by atoms with Gasteiger partial charge in [0.25, 0.3) is 0 Å². The van der Waals surface area contributed by atoms with Crippen LogP contribution >= 0.6 is 0 Å². The number of hydrogen-bond donors (Lipinski definition) is 1. The third-order valence-electron chi connectivity index (χ3n) is 6.20.